The molecule has 0 amide bonds. The van der Waals surface area contributed by atoms with Crippen molar-refractivity contribution in [2.45, 2.75) is 71.6 Å². The molecule has 26 heavy (non-hydrogen) atoms. The maximum Gasteiger partial charge on any atom is 0.147 e. The molecular formula is C22H32N2OS. The smallest absolute Gasteiger partial charge is 0.147 e. The largest absolute Gasteiger partial charge is 0.490 e. The zero-order chi connectivity index (χ0) is 18.5. The van der Waals surface area contributed by atoms with Crippen molar-refractivity contribution in [1.29, 1.82) is 0 Å². The van der Waals surface area contributed by atoms with Gasteiger partial charge < -0.3 is 4.74 Å². The molecule has 0 aliphatic heterocycles. The molecule has 1 heterocycles. The van der Waals surface area contributed by atoms with E-state index in [-0.39, 0.29) is 0 Å². The summed E-state index contributed by atoms with van der Waals surface area (Å²) in [6.07, 6.45) is 15.5. The van der Waals surface area contributed by atoms with Gasteiger partial charge in [0.05, 0.1) is 0 Å². The van der Waals surface area contributed by atoms with Crippen LogP contribution in [0.4, 0.5) is 0 Å². The third kappa shape index (κ3) is 7.69. The molecule has 2 aromatic rings. The van der Waals surface area contributed by atoms with Gasteiger partial charge in [0.15, 0.2) is 0 Å². The first-order valence-electron chi connectivity index (χ1n) is 10.0. The number of unbranched alkanes of at least 4 members (excludes halogenated alkanes) is 6. The van der Waals surface area contributed by atoms with E-state index in [0.29, 0.717) is 6.61 Å². The summed E-state index contributed by atoms with van der Waals surface area (Å²) >= 11 is 1.71. The Hall–Kier alpha value is -1.68. The first-order chi connectivity index (χ1) is 12.8. The lowest BCUT2D eigenvalue weighted by molar-refractivity contribution is 0.362. The summed E-state index contributed by atoms with van der Waals surface area (Å²) in [6.45, 7) is 5.06. The lowest BCUT2D eigenvalue weighted by Crippen LogP contribution is -1.92. The Balaban J connectivity index is 1.75. The van der Waals surface area contributed by atoms with E-state index in [0.717, 1.165) is 34.2 Å². The Labute approximate surface area is 162 Å². The fraction of sp³-hybridized carbons (Fsp3) is 0.545. The first-order valence-corrected chi connectivity index (χ1v) is 10.9. The van der Waals surface area contributed by atoms with E-state index in [1.807, 2.05) is 12.1 Å². The van der Waals surface area contributed by atoms with E-state index in [1.54, 1.807) is 11.3 Å². The fourth-order valence-corrected chi connectivity index (χ4v) is 3.61. The standard InChI is InChI=1S/C22H32N2OS/c1-3-5-7-9-10-11-13-21-23-24-22(26-21)19-14-16-20(17-15-19)25-18-12-8-6-4-2/h8,12,14-17H,3-7,9-11,13,18H2,1-2H3/b12-8+. The number of hydrogen-bond acceptors (Lipinski definition) is 4. The third-order valence-corrected chi connectivity index (χ3v) is 5.31. The van der Waals surface area contributed by atoms with Gasteiger partial charge in [-0.1, -0.05) is 75.9 Å². The van der Waals surface area contributed by atoms with Gasteiger partial charge in [-0.15, -0.1) is 10.2 Å². The van der Waals surface area contributed by atoms with E-state index >= 15 is 0 Å². The molecule has 0 atom stereocenters. The minimum Gasteiger partial charge on any atom is -0.490 e. The number of aromatic nitrogens is 2. The molecule has 0 saturated carbocycles. The van der Waals surface area contributed by atoms with Crippen LogP contribution in [0.15, 0.2) is 36.4 Å². The van der Waals surface area contributed by atoms with Gasteiger partial charge in [0, 0.05) is 12.0 Å². The lowest BCUT2D eigenvalue weighted by Gasteiger charge is -2.03. The van der Waals surface area contributed by atoms with Crippen LogP contribution in [0.2, 0.25) is 0 Å². The van der Waals surface area contributed by atoms with Gasteiger partial charge >= 0.3 is 0 Å². The molecule has 0 unspecified atom stereocenters. The van der Waals surface area contributed by atoms with E-state index in [1.165, 1.54) is 44.9 Å². The summed E-state index contributed by atoms with van der Waals surface area (Å²) in [5.41, 5.74) is 1.12. The van der Waals surface area contributed by atoms with E-state index in [4.69, 9.17) is 4.74 Å². The molecule has 3 nitrogen and oxygen atoms in total. The average Bonchev–Trinajstić information content (AvgIpc) is 3.14. The number of rotatable bonds is 13. The first kappa shape index (κ1) is 20.6. The summed E-state index contributed by atoms with van der Waals surface area (Å²) in [5, 5.41) is 10.9. The molecule has 142 valence electrons. The normalized spacial score (nSPS) is 11.3. The van der Waals surface area contributed by atoms with Gasteiger partial charge in [-0.3, -0.25) is 0 Å². The Morgan fingerprint density at radius 2 is 1.65 bits per heavy atom. The zero-order valence-corrected chi connectivity index (χ0v) is 17.1. The van der Waals surface area contributed by atoms with Crippen LogP contribution in [0.25, 0.3) is 10.6 Å². The highest BCUT2D eigenvalue weighted by Gasteiger charge is 2.07. The topological polar surface area (TPSA) is 35.0 Å². The second-order valence-corrected chi connectivity index (χ2v) is 7.68. The van der Waals surface area contributed by atoms with Crippen LogP contribution in [0.1, 0.15) is 70.2 Å². The third-order valence-electron chi connectivity index (χ3n) is 4.28. The van der Waals surface area contributed by atoms with Gasteiger partial charge in [0.1, 0.15) is 22.4 Å². The van der Waals surface area contributed by atoms with Crippen molar-refractivity contribution in [3.05, 3.63) is 41.4 Å². The summed E-state index contributed by atoms with van der Waals surface area (Å²) < 4.78 is 5.72. The van der Waals surface area contributed by atoms with Gasteiger partial charge in [0.25, 0.3) is 0 Å². The molecule has 0 aliphatic carbocycles. The van der Waals surface area contributed by atoms with Crippen LogP contribution < -0.4 is 4.74 Å². The summed E-state index contributed by atoms with van der Waals surface area (Å²) in [7, 11) is 0. The average molecular weight is 373 g/mol. The molecule has 1 aromatic carbocycles. The Morgan fingerprint density at radius 1 is 0.885 bits per heavy atom. The maximum absolute atomic E-state index is 5.72. The molecule has 2 rings (SSSR count). The monoisotopic (exact) mass is 372 g/mol. The van der Waals surface area contributed by atoms with E-state index in [2.05, 4.69) is 48.3 Å². The van der Waals surface area contributed by atoms with Crippen LogP contribution in [0.3, 0.4) is 0 Å². The predicted molar refractivity (Wildman–Crippen MR) is 112 cm³/mol. The van der Waals surface area contributed by atoms with Crippen LogP contribution in [-0.4, -0.2) is 16.8 Å². The molecule has 0 N–H and O–H groups in total. The highest BCUT2D eigenvalue weighted by molar-refractivity contribution is 7.14. The van der Waals surface area contributed by atoms with Crippen molar-refractivity contribution >= 4 is 11.3 Å². The Morgan fingerprint density at radius 3 is 2.42 bits per heavy atom. The molecule has 4 heteroatoms. The van der Waals surface area contributed by atoms with Crippen molar-refractivity contribution < 1.29 is 4.74 Å². The minimum atomic E-state index is 0.626. The maximum atomic E-state index is 5.72. The van der Waals surface area contributed by atoms with Gasteiger partial charge in [-0.2, -0.15) is 0 Å². The van der Waals surface area contributed by atoms with Gasteiger partial charge in [-0.05, 0) is 37.1 Å². The second-order valence-electron chi connectivity index (χ2n) is 6.61. The number of hydrogen-bond donors (Lipinski definition) is 0. The molecule has 0 fully saturated rings. The second kappa shape index (κ2) is 12.6. The molecule has 0 radical (unpaired) electrons. The SMILES string of the molecule is CCC/C=C/COc1ccc(-c2nnc(CCCCCCCC)s2)cc1. The summed E-state index contributed by atoms with van der Waals surface area (Å²) in [4.78, 5) is 0. The quantitative estimate of drug-likeness (QED) is 0.285. The van der Waals surface area contributed by atoms with Crippen LogP contribution >= 0.6 is 11.3 Å². The van der Waals surface area contributed by atoms with E-state index < -0.39 is 0 Å². The van der Waals surface area contributed by atoms with Crippen molar-refractivity contribution in [1.82, 2.24) is 10.2 Å². The molecule has 0 aliphatic rings. The number of aryl methyl sites for hydroxylation is 1. The molecule has 0 saturated heterocycles. The number of nitrogens with zero attached hydrogens (tertiary/aromatic N) is 2. The zero-order valence-electron chi connectivity index (χ0n) is 16.2. The van der Waals surface area contributed by atoms with Crippen LogP contribution in [-0.2, 0) is 6.42 Å². The number of ether oxygens (including phenoxy) is 1. The molecule has 0 spiro atoms. The Kier molecular flexibility index (Phi) is 10.0. The molecular weight excluding hydrogens is 340 g/mol. The van der Waals surface area contributed by atoms with E-state index in [9.17, 15) is 0 Å². The van der Waals surface area contributed by atoms with Crippen molar-refractivity contribution in [3.8, 4) is 16.3 Å². The van der Waals surface area contributed by atoms with Crippen molar-refractivity contribution in [2.24, 2.45) is 0 Å². The van der Waals surface area contributed by atoms with Crippen LogP contribution in [0, 0.1) is 0 Å². The van der Waals surface area contributed by atoms with Gasteiger partial charge in [0.2, 0.25) is 0 Å². The van der Waals surface area contributed by atoms with Crippen LogP contribution in [0.5, 0.6) is 5.75 Å². The summed E-state index contributed by atoms with van der Waals surface area (Å²) in [6, 6.07) is 8.16. The number of benzene rings is 1. The highest BCUT2D eigenvalue weighted by atomic mass is 32.1. The molecule has 0 bridgehead atoms. The minimum absolute atomic E-state index is 0.626. The predicted octanol–water partition coefficient (Wildman–Crippen LogP) is 6.84. The highest BCUT2D eigenvalue weighted by Crippen LogP contribution is 2.26. The fourth-order valence-electron chi connectivity index (χ4n) is 2.72. The lowest BCUT2D eigenvalue weighted by atomic mass is 10.1. The van der Waals surface area contributed by atoms with Crippen molar-refractivity contribution in [3.63, 3.8) is 0 Å². The Bertz CT molecular complexity index is 634. The van der Waals surface area contributed by atoms with Gasteiger partial charge in [-0.25, -0.2) is 0 Å². The van der Waals surface area contributed by atoms with Crippen molar-refractivity contribution in [2.75, 3.05) is 6.61 Å². The molecule has 1 aromatic heterocycles. The number of allylic oxidation sites excluding steroid dienone is 1. The summed E-state index contributed by atoms with van der Waals surface area (Å²) in [5.74, 6) is 0.895.